The number of amides is 1. The molecule has 0 saturated carbocycles. The number of nitrogens with zero attached hydrogens (tertiary/aromatic N) is 2. The van der Waals surface area contributed by atoms with Gasteiger partial charge >= 0.3 is 6.18 Å². The van der Waals surface area contributed by atoms with Crippen molar-refractivity contribution in [2.24, 2.45) is 0 Å². The Bertz CT molecular complexity index is 652. The molecule has 0 spiro atoms. The van der Waals surface area contributed by atoms with Gasteiger partial charge in [0.1, 0.15) is 0 Å². The van der Waals surface area contributed by atoms with Crippen molar-refractivity contribution in [3.8, 4) is 0 Å². The minimum Gasteiger partial charge on any atom is -0.337 e. The van der Waals surface area contributed by atoms with Crippen LogP contribution >= 0.6 is 0 Å². The Hall–Kier alpha value is -1.82. The van der Waals surface area contributed by atoms with Crippen LogP contribution in [0.5, 0.6) is 0 Å². The van der Waals surface area contributed by atoms with Gasteiger partial charge in [-0.1, -0.05) is 12.2 Å². The Balaban J connectivity index is 2.01. The lowest BCUT2D eigenvalue weighted by Crippen LogP contribution is -2.27. The molecule has 118 valence electrons. The van der Waals surface area contributed by atoms with Gasteiger partial charge in [-0.3, -0.25) is 9.69 Å². The Labute approximate surface area is 127 Å². The SMILES string of the molecule is CC1C=CCN1Cc1cc2c(c(C(F)(F)F)c1)CN(C)C2=O. The van der Waals surface area contributed by atoms with Gasteiger partial charge in [0.15, 0.2) is 0 Å². The summed E-state index contributed by atoms with van der Waals surface area (Å²) in [5.74, 6) is -0.338. The molecule has 0 radical (unpaired) electrons. The third-order valence-electron chi connectivity index (χ3n) is 4.30. The van der Waals surface area contributed by atoms with Gasteiger partial charge in [-0.2, -0.15) is 13.2 Å². The van der Waals surface area contributed by atoms with Crippen LogP contribution in [0.2, 0.25) is 0 Å². The third-order valence-corrected chi connectivity index (χ3v) is 4.30. The molecule has 0 bridgehead atoms. The first-order chi connectivity index (χ1) is 10.3. The first kappa shape index (κ1) is 15.1. The van der Waals surface area contributed by atoms with Crippen LogP contribution in [0.15, 0.2) is 24.3 Å². The lowest BCUT2D eigenvalue weighted by atomic mass is 9.98. The number of rotatable bonds is 2. The van der Waals surface area contributed by atoms with Gasteiger partial charge in [0.25, 0.3) is 5.91 Å². The molecule has 0 N–H and O–H groups in total. The molecular formula is C16H17F3N2O. The highest BCUT2D eigenvalue weighted by Gasteiger charge is 2.39. The molecule has 0 fully saturated rings. The Morgan fingerprint density at radius 1 is 1.32 bits per heavy atom. The molecule has 6 heteroatoms. The monoisotopic (exact) mass is 310 g/mol. The number of carbonyl (C=O) groups excluding carboxylic acids is 1. The molecule has 3 rings (SSSR count). The van der Waals surface area contributed by atoms with Crippen molar-refractivity contribution in [1.82, 2.24) is 9.80 Å². The van der Waals surface area contributed by atoms with E-state index in [1.807, 2.05) is 19.1 Å². The summed E-state index contributed by atoms with van der Waals surface area (Å²) in [7, 11) is 1.52. The van der Waals surface area contributed by atoms with Gasteiger partial charge in [-0.05, 0) is 30.2 Å². The van der Waals surface area contributed by atoms with E-state index in [0.29, 0.717) is 18.7 Å². The highest BCUT2D eigenvalue weighted by molar-refractivity contribution is 5.98. The molecule has 2 aliphatic rings. The minimum absolute atomic E-state index is 0.0188. The molecule has 22 heavy (non-hydrogen) atoms. The first-order valence-corrected chi connectivity index (χ1v) is 7.16. The molecule has 2 heterocycles. The van der Waals surface area contributed by atoms with Crippen LogP contribution in [-0.4, -0.2) is 35.3 Å². The maximum Gasteiger partial charge on any atom is 0.416 e. The van der Waals surface area contributed by atoms with Gasteiger partial charge in [0.05, 0.1) is 5.56 Å². The van der Waals surface area contributed by atoms with Crippen LogP contribution in [0.1, 0.15) is 34.0 Å². The molecule has 1 amide bonds. The average Bonchev–Trinajstić information content (AvgIpc) is 2.94. The predicted molar refractivity (Wildman–Crippen MR) is 76.3 cm³/mol. The zero-order valence-electron chi connectivity index (χ0n) is 12.4. The van der Waals surface area contributed by atoms with Crippen molar-refractivity contribution in [3.63, 3.8) is 0 Å². The Kier molecular flexibility index (Phi) is 3.51. The summed E-state index contributed by atoms with van der Waals surface area (Å²) in [5.41, 5.74) is 0.131. The third kappa shape index (κ3) is 2.52. The Morgan fingerprint density at radius 2 is 2.05 bits per heavy atom. The van der Waals surface area contributed by atoms with E-state index in [4.69, 9.17) is 0 Å². The van der Waals surface area contributed by atoms with Crippen molar-refractivity contribution in [2.45, 2.75) is 32.2 Å². The molecule has 0 aliphatic carbocycles. The molecule has 1 aromatic carbocycles. The largest absolute Gasteiger partial charge is 0.416 e. The topological polar surface area (TPSA) is 23.6 Å². The van der Waals surface area contributed by atoms with Crippen LogP contribution in [-0.2, 0) is 19.3 Å². The second-order valence-corrected chi connectivity index (χ2v) is 5.93. The van der Waals surface area contributed by atoms with E-state index >= 15 is 0 Å². The van der Waals surface area contributed by atoms with Crippen molar-refractivity contribution in [1.29, 1.82) is 0 Å². The van der Waals surface area contributed by atoms with Crippen molar-refractivity contribution in [3.05, 3.63) is 46.5 Å². The average molecular weight is 310 g/mol. The molecule has 0 aromatic heterocycles. The number of hydrogen-bond donors (Lipinski definition) is 0. The summed E-state index contributed by atoms with van der Waals surface area (Å²) in [6.45, 7) is 3.14. The van der Waals surface area contributed by atoms with Crippen LogP contribution in [0, 0.1) is 0 Å². The quantitative estimate of drug-likeness (QED) is 0.784. The minimum atomic E-state index is -4.44. The highest BCUT2D eigenvalue weighted by atomic mass is 19.4. The van der Waals surface area contributed by atoms with E-state index in [2.05, 4.69) is 4.90 Å². The fourth-order valence-corrected chi connectivity index (χ4v) is 3.08. The summed E-state index contributed by atoms with van der Waals surface area (Å²) in [5, 5.41) is 0. The van der Waals surface area contributed by atoms with E-state index in [0.717, 1.165) is 0 Å². The van der Waals surface area contributed by atoms with E-state index in [9.17, 15) is 18.0 Å². The lowest BCUT2D eigenvalue weighted by Gasteiger charge is -2.22. The van der Waals surface area contributed by atoms with Crippen LogP contribution in [0.25, 0.3) is 0 Å². The smallest absolute Gasteiger partial charge is 0.337 e. The van der Waals surface area contributed by atoms with E-state index in [1.165, 1.54) is 18.0 Å². The van der Waals surface area contributed by atoms with Gasteiger partial charge in [0, 0.05) is 38.3 Å². The number of halogens is 3. The van der Waals surface area contributed by atoms with E-state index in [-0.39, 0.29) is 29.6 Å². The van der Waals surface area contributed by atoms with Crippen molar-refractivity contribution >= 4 is 5.91 Å². The molecule has 0 saturated heterocycles. The number of alkyl halides is 3. The molecular weight excluding hydrogens is 293 g/mol. The molecule has 1 atom stereocenters. The second-order valence-electron chi connectivity index (χ2n) is 5.93. The van der Waals surface area contributed by atoms with Gasteiger partial charge < -0.3 is 4.90 Å². The second kappa shape index (κ2) is 5.12. The first-order valence-electron chi connectivity index (χ1n) is 7.16. The van der Waals surface area contributed by atoms with Gasteiger partial charge in [0.2, 0.25) is 0 Å². The number of benzene rings is 1. The fraction of sp³-hybridized carbons (Fsp3) is 0.438. The zero-order chi connectivity index (χ0) is 16.1. The lowest BCUT2D eigenvalue weighted by molar-refractivity contribution is -0.138. The zero-order valence-corrected chi connectivity index (χ0v) is 12.4. The number of hydrogen-bond acceptors (Lipinski definition) is 2. The van der Waals surface area contributed by atoms with Crippen molar-refractivity contribution in [2.75, 3.05) is 13.6 Å². The summed E-state index contributed by atoms with van der Waals surface area (Å²) in [6.07, 6.45) is -0.418. The summed E-state index contributed by atoms with van der Waals surface area (Å²) >= 11 is 0. The van der Waals surface area contributed by atoms with Crippen molar-refractivity contribution < 1.29 is 18.0 Å². The molecule has 3 nitrogen and oxygen atoms in total. The molecule has 1 aromatic rings. The normalized spacial score (nSPS) is 21.8. The highest BCUT2D eigenvalue weighted by Crippen LogP contribution is 2.38. The fourth-order valence-electron chi connectivity index (χ4n) is 3.08. The maximum atomic E-state index is 13.3. The van der Waals surface area contributed by atoms with Gasteiger partial charge in [-0.15, -0.1) is 0 Å². The van der Waals surface area contributed by atoms with Crippen LogP contribution < -0.4 is 0 Å². The Morgan fingerprint density at radius 3 is 2.64 bits per heavy atom. The molecule has 1 unspecified atom stereocenters. The van der Waals surface area contributed by atoms with Crippen LogP contribution in [0.3, 0.4) is 0 Å². The van der Waals surface area contributed by atoms with E-state index < -0.39 is 11.7 Å². The summed E-state index contributed by atoms with van der Waals surface area (Å²) < 4.78 is 39.9. The summed E-state index contributed by atoms with van der Waals surface area (Å²) in [4.78, 5) is 15.4. The maximum absolute atomic E-state index is 13.3. The molecule has 2 aliphatic heterocycles. The van der Waals surface area contributed by atoms with Gasteiger partial charge in [-0.25, -0.2) is 0 Å². The van der Waals surface area contributed by atoms with Crippen LogP contribution in [0.4, 0.5) is 13.2 Å². The van der Waals surface area contributed by atoms with E-state index in [1.54, 1.807) is 6.07 Å². The number of carbonyl (C=O) groups is 1. The predicted octanol–water partition coefficient (Wildman–Crippen LogP) is 3.05. The summed E-state index contributed by atoms with van der Waals surface area (Å²) in [6, 6.07) is 3.00. The standard InChI is InChI=1S/C16H17F3N2O/c1-10-4-3-5-21(10)8-11-6-12-13(9-20(2)15(12)22)14(7-11)16(17,18)19/h3-4,6-7,10H,5,8-9H2,1-2H3. The number of fused-ring (bicyclic) bond motifs is 1.